The number of pyridine rings is 1. The first-order valence-electron chi connectivity index (χ1n) is 8.61. The van der Waals surface area contributed by atoms with E-state index in [-0.39, 0.29) is 16.7 Å². The third-order valence-corrected chi connectivity index (χ3v) is 5.80. The van der Waals surface area contributed by atoms with Gasteiger partial charge >= 0.3 is 0 Å². The van der Waals surface area contributed by atoms with Gasteiger partial charge in [0.2, 0.25) is 21.7 Å². The van der Waals surface area contributed by atoms with Crippen molar-refractivity contribution in [3.63, 3.8) is 0 Å². The van der Waals surface area contributed by atoms with Crippen LogP contribution in [0.2, 0.25) is 0 Å². The molecule has 1 aromatic carbocycles. The number of rotatable bonds is 6. The summed E-state index contributed by atoms with van der Waals surface area (Å²) in [6.45, 7) is 7.60. The number of aryl methyl sites for hydroxylation is 2. The van der Waals surface area contributed by atoms with Crippen molar-refractivity contribution in [3.05, 3.63) is 59.7 Å². The lowest BCUT2D eigenvalue weighted by atomic mass is 10.1. The molecule has 0 spiro atoms. The Balaban J connectivity index is 1.90. The third kappa shape index (κ3) is 4.23. The maximum Gasteiger partial charge on any atom is 0.245 e. The van der Waals surface area contributed by atoms with Crippen LogP contribution in [0.1, 0.15) is 36.9 Å². The van der Waals surface area contributed by atoms with Crippen molar-refractivity contribution in [3.8, 4) is 11.4 Å². The molecule has 7 nitrogen and oxygen atoms in total. The van der Waals surface area contributed by atoms with Gasteiger partial charge in [0.25, 0.3) is 0 Å². The fourth-order valence-electron chi connectivity index (χ4n) is 2.56. The van der Waals surface area contributed by atoms with E-state index in [1.807, 2.05) is 33.8 Å². The molecule has 0 saturated heterocycles. The van der Waals surface area contributed by atoms with Crippen LogP contribution in [-0.2, 0) is 10.0 Å². The van der Waals surface area contributed by atoms with Crippen LogP contribution in [0.3, 0.4) is 0 Å². The zero-order valence-corrected chi connectivity index (χ0v) is 16.5. The molecule has 2 aromatic heterocycles. The minimum atomic E-state index is -3.74. The lowest BCUT2D eigenvalue weighted by Gasteiger charge is -2.19. The van der Waals surface area contributed by atoms with Gasteiger partial charge in [-0.1, -0.05) is 25.1 Å². The van der Waals surface area contributed by atoms with Crippen LogP contribution in [-0.4, -0.2) is 23.5 Å². The van der Waals surface area contributed by atoms with Crippen molar-refractivity contribution in [2.75, 3.05) is 0 Å². The van der Waals surface area contributed by atoms with E-state index in [0.717, 1.165) is 11.1 Å². The second-order valence-corrected chi connectivity index (χ2v) is 8.50. The Hall–Kier alpha value is -2.58. The fraction of sp³-hybridized carbons (Fsp3) is 0.316. The average molecular weight is 386 g/mol. The van der Waals surface area contributed by atoms with Crippen LogP contribution < -0.4 is 4.72 Å². The summed E-state index contributed by atoms with van der Waals surface area (Å²) in [5.41, 5.74) is 2.65. The molecule has 0 bridgehead atoms. The van der Waals surface area contributed by atoms with Crippen molar-refractivity contribution >= 4 is 10.0 Å². The van der Waals surface area contributed by atoms with Gasteiger partial charge < -0.3 is 4.52 Å². The number of nitrogens with zero attached hydrogens (tertiary/aromatic N) is 3. The summed E-state index contributed by atoms with van der Waals surface area (Å²) in [5, 5.41) is 3.96. The fourth-order valence-corrected chi connectivity index (χ4v) is 3.98. The highest BCUT2D eigenvalue weighted by molar-refractivity contribution is 7.89. The highest BCUT2D eigenvalue weighted by Gasteiger charge is 2.29. The second kappa shape index (κ2) is 7.58. The Kier molecular flexibility index (Phi) is 5.38. The summed E-state index contributed by atoms with van der Waals surface area (Å²) >= 11 is 0. The minimum absolute atomic E-state index is 0.0893. The number of hydrogen-bond acceptors (Lipinski definition) is 6. The summed E-state index contributed by atoms with van der Waals surface area (Å²) in [6.07, 6.45) is 3.28. The van der Waals surface area contributed by atoms with E-state index in [4.69, 9.17) is 4.52 Å². The second-order valence-electron chi connectivity index (χ2n) is 6.79. The average Bonchev–Trinajstić information content (AvgIpc) is 3.12. The molecular weight excluding hydrogens is 364 g/mol. The first-order chi connectivity index (χ1) is 12.8. The molecule has 0 aliphatic carbocycles. The zero-order chi connectivity index (χ0) is 19.6. The number of hydrogen-bond donors (Lipinski definition) is 1. The Morgan fingerprint density at radius 2 is 1.89 bits per heavy atom. The highest BCUT2D eigenvalue weighted by atomic mass is 32.2. The van der Waals surface area contributed by atoms with Gasteiger partial charge in [0.05, 0.1) is 4.90 Å². The molecule has 0 radical (unpaired) electrons. The molecule has 3 rings (SSSR count). The lowest BCUT2D eigenvalue weighted by molar-refractivity contribution is 0.311. The normalized spacial score (nSPS) is 13.1. The SMILES string of the molecule is Cc1ccc(S(=O)(=O)NC(c2nc(-c3cccnc3)no2)C(C)C)cc1C. The zero-order valence-electron chi connectivity index (χ0n) is 15.7. The quantitative estimate of drug-likeness (QED) is 0.697. The van der Waals surface area contributed by atoms with Crippen LogP contribution in [0.4, 0.5) is 0 Å². The van der Waals surface area contributed by atoms with Crippen LogP contribution in [0.5, 0.6) is 0 Å². The first kappa shape index (κ1) is 19.2. The maximum atomic E-state index is 12.8. The molecule has 1 unspecified atom stereocenters. The largest absolute Gasteiger partial charge is 0.337 e. The van der Waals surface area contributed by atoms with Gasteiger partial charge in [-0.3, -0.25) is 4.98 Å². The first-order valence-corrected chi connectivity index (χ1v) is 10.1. The van der Waals surface area contributed by atoms with Crippen LogP contribution in [0.15, 0.2) is 52.1 Å². The molecule has 0 aliphatic heterocycles. The van der Waals surface area contributed by atoms with Gasteiger partial charge in [-0.15, -0.1) is 0 Å². The van der Waals surface area contributed by atoms with Gasteiger partial charge in [0.1, 0.15) is 6.04 Å². The summed E-state index contributed by atoms with van der Waals surface area (Å²) in [6, 6.07) is 7.98. The Bertz CT molecular complexity index is 1030. The summed E-state index contributed by atoms with van der Waals surface area (Å²) < 4.78 is 33.7. The van der Waals surface area contributed by atoms with Crippen LogP contribution in [0.25, 0.3) is 11.4 Å². The third-order valence-electron chi connectivity index (χ3n) is 4.36. The molecule has 0 amide bonds. The van der Waals surface area contributed by atoms with Crippen molar-refractivity contribution in [1.29, 1.82) is 0 Å². The molecule has 3 aromatic rings. The standard InChI is InChI=1S/C19H22N4O3S/c1-12(2)17(19-21-18(22-26-19)15-6-5-9-20-11-15)23-27(24,25)16-8-7-13(3)14(4)10-16/h5-12,17,23H,1-4H3. The number of sulfonamides is 1. The van der Waals surface area contributed by atoms with Gasteiger partial charge in [-0.2, -0.15) is 9.71 Å². The summed E-state index contributed by atoms with van der Waals surface area (Å²) in [7, 11) is -3.74. The topological polar surface area (TPSA) is 98.0 Å². The van der Waals surface area contributed by atoms with Crippen molar-refractivity contribution in [2.45, 2.75) is 38.6 Å². The predicted molar refractivity (Wildman–Crippen MR) is 101 cm³/mol. The van der Waals surface area contributed by atoms with Crippen LogP contribution >= 0.6 is 0 Å². The number of aromatic nitrogens is 3. The Labute approximate surface area is 158 Å². The van der Waals surface area contributed by atoms with E-state index in [9.17, 15) is 8.42 Å². The summed E-state index contributed by atoms with van der Waals surface area (Å²) in [5.74, 6) is 0.499. The molecular formula is C19H22N4O3S. The summed E-state index contributed by atoms with van der Waals surface area (Å²) in [4.78, 5) is 8.61. The molecule has 27 heavy (non-hydrogen) atoms. The Morgan fingerprint density at radius 3 is 2.52 bits per heavy atom. The van der Waals surface area contributed by atoms with E-state index in [1.165, 1.54) is 0 Å². The molecule has 0 fully saturated rings. The number of nitrogens with one attached hydrogen (secondary N) is 1. The highest BCUT2D eigenvalue weighted by Crippen LogP contribution is 2.26. The lowest BCUT2D eigenvalue weighted by Crippen LogP contribution is -2.32. The molecule has 0 saturated carbocycles. The number of benzene rings is 1. The van der Waals surface area contributed by atoms with Crippen molar-refractivity contribution in [2.24, 2.45) is 5.92 Å². The van der Waals surface area contributed by atoms with Crippen molar-refractivity contribution < 1.29 is 12.9 Å². The van der Waals surface area contributed by atoms with E-state index < -0.39 is 16.1 Å². The van der Waals surface area contributed by atoms with Crippen molar-refractivity contribution in [1.82, 2.24) is 19.8 Å². The molecule has 2 heterocycles. The molecule has 0 aliphatic rings. The molecule has 1 atom stereocenters. The molecule has 1 N–H and O–H groups in total. The predicted octanol–water partition coefficient (Wildman–Crippen LogP) is 3.42. The maximum absolute atomic E-state index is 12.8. The van der Waals surface area contributed by atoms with E-state index in [2.05, 4.69) is 19.8 Å². The minimum Gasteiger partial charge on any atom is -0.337 e. The van der Waals surface area contributed by atoms with Gasteiger partial charge in [-0.05, 0) is 55.2 Å². The van der Waals surface area contributed by atoms with Gasteiger partial charge in [0, 0.05) is 18.0 Å². The van der Waals surface area contributed by atoms with E-state index >= 15 is 0 Å². The van der Waals surface area contributed by atoms with Gasteiger partial charge in [-0.25, -0.2) is 8.42 Å². The monoisotopic (exact) mass is 386 g/mol. The molecule has 8 heteroatoms. The smallest absolute Gasteiger partial charge is 0.245 e. The van der Waals surface area contributed by atoms with E-state index in [0.29, 0.717) is 11.4 Å². The molecule has 142 valence electrons. The van der Waals surface area contributed by atoms with Gasteiger partial charge in [0.15, 0.2) is 0 Å². The Morgan fingerprint density at radius 1 is 1.11 bits per heavy atom. The van der Waals surface area contributed by atoms with Crippen LogP contribution in [0, 0.1) is 19.8 Å². The van der Waals surface area contributed by atoms with E-state index in [1.54, 1.807) is 36.7 Å².